The van der Waals surface area contributed by atoms with Crippen LogP contribution in [0.5, 0.6) is 0 Å². The van der Waals surface area contributed by atoms with Crippen molar-refractivity contribution in [2.24, 2.45) is 16.3 Å². The van der Waals surface area contributed by atoms with Crippen molar-refractivity contribution in [3.8, 4) is 0 Å². The summed E-state index contributed by atoms with van der Waals surface area (Å²) in [6, 6.07) is 5.31. The molecular formula is C12H16N4O2. The van der Waals surface area contributed by atoms with Gasteiger partial charge in [0.1, 0.15) is 5.41 Å². The molecule has 1 aromatic rings. The highest BCUT2D eigenvalue weighted by molar-refractivity contribution is 6.09. The third-order valence-electron chi connectivity index (χ3n) is 3.26. The van der Waals surface area contributed by atoms with Crippen molar-refractivity contribution >= 4 is 11.7 Å². The number of carbonyl (C=O) groups excluding carboxylic acids is 1. The highest BCUT2D eigenvalue weighted by atomic mass is 16.4. The number of oxime groups is 1. The van der Waals surface area contributed by atoms with E-state index in [1.807, 2.05) is 25.1 Å². The van der Waals surface area contributed by atoms with Gasteiger partial charge in [-0.05, 0) is 31.9 Å². The van der Waals surface area contributed by atoms with Crippen molar-refractivity contribution < 1.29 is 10.0 Å². The zero-order valence-electron chi connectivity index (χ0n) is 10.1. The van der Waals surface area contributed by atoms with E-state index in [0.29, 0.717) is 12.8 Å². The molecule has 1 fully saturated rings. The van der Waals surface area contributed by atoms with Gasteiger partial charge in [-0.3, -0.25) is 9.78 Å². The number of amides is 1. The second kappa shape index (κ2) is 4.64. The monoisotopic (exact) mass is 248 g/mol. The smallest absolute Gasteiger partial charge is 0.234 e. The maximum atomic E-state index is 12.1. The van der Waals surface area contributed by atoms with Crippen LogP contribution in [0.4, 0.5) is 0 Å². The number of nitrogens with two attached hydrogens (primary N) is 1. The first-order chi connectivity index (χ1) is 8.60. The first-order valence-electron chi connectivity index (χ1n) is 5.80. The number of pyridine rings is 1. The third-order valence-corrected chi connectivity index (χ3v) is 3.26. The second-order valence-corrected chi connectivity index (χ2v) is 4.52. The van der Waals surface area contributed by atoms with E-state index in [0.717, 1.165) is 5.69 Å². The van der Waals surface area contributed by atoms with E-state index in [-0.39, 0.29) is 17.8 Å². The number of aromatic nitrogens is 1. The van der Waals surface area contributed by atoms with Crippen LogP contribution in [0.25, 0.3) is 0 Å². The molecule has 0 saturated heterocycles. The number of carbonyl (C=O) groups is 1. The average Bonchev–Trinajstić information content (AvgIpc) is 3.20. The van der Waals surface area contributed by atoms with Crippen LogP contribution in [0.3, 0.4) is 0 Å². The number of amidine groups is 1. The summed E-state index contributed by atoms with van der Waals surface area (Å²) in [5.74, 6) is -0.232. The van der Waals surface area contributed by atoms with Crippen LogP contribution in [0.2, 0.25) is 0 Å². The minimum atomic E-state index is -0.822. The van der Waals surface area contributed by atoms with Crippen LogP contribution in [-0.4, -0.2) is 21.9 Å². The van der Waals surface area contributed by atoms with Crippen molar-refractivity contribution in [3.05, 3.63) is 30.1 Å². The zero-order chi connectivity index (χ0) is 13.2. The van der Waals surface area contributed by atoms with E-state index in [1.165, 1.54) is 0 Å². The molecule has 6 heteroatoms. The summed E-state index contributed by atoms with van der Waals surface area (Å²) < 4.78 is 0. The SMILES string of the molecule is CC(NC(=O)C1(/C(N)=N/O)CC1)c1ccccn1. The number of rotatable bonds is 4. The third kappa shape index (κ3) is 2.13. The zero-order valence-corrected chi connectivity index (χ0v) is 10.1. The van der Waals surface area contributed by atoms with E-state index in [9.17, 15) is 4.79 Å². The number of nitrogens with one attached hydrogen (secondary N) is 1. The fourth-order valence-electron chi connectivity index (χ4n) is 1.86. The van der Waals surface area contributed by atoms with Crippen molar-refractivity contribution in [2.45, 2.75) is 25.8 Å². The van der Waals surface area contributed by atoms with Gasteiger partial charge in [-0.2, -0.15) is 0 Å². The largest absolute Gasteiger partial charge is 0.409 e. The molecule has 1 saturated carbocycles. The highest BCUT2D eigenvalue weighted by Gasteiger charge is 2.54. The predicted octanol–water partition coefficient (Wildman–Crippen LogP) is 0.785. The molecule has 1 atom stereocenters. The Morgan fingerprint density at radius 1 is 1.61 bits per heavy atom. The topological polar surface area (TPSA) is 101 Å². The standard InChI is InChI=1S/C12H16N4O2/c1-8(9-4-2-3-7-14-9)15-11(17)12(5-6-12)10(13)16-18/h2-4,7-8,18H,5-6H2,1H3,(H2,13,16)(H,15,17). The van der Waals surface area contributed by atoms with E-state index < -0.39 is 5.41 Å². The molecule has 1 unspecified atom stereocenters. The Morgan fingerprint density at radius 2 is 2.33 bits per heavy atom. The lowest BCUT2D eigenvalue weighted by atomic mass is 10.0. The van der Waals surface area contributed by atoms with Crippen molar-refractivity contribution in [2.75, 3.05) is 0 Å². The van der Waals surface area contributed by atoms with E-state index in [2.05, 4.69) is 15.5 Å². The Labute approximate surface area is 105 Å². The van der Waals surface area contributed by atoms with Crippen molar-refractivity contribution in [1.82, 2.24) is 10.3 Å². The average molecular weight is 248 g/mol. The Bertz CT molecular complexity index is 468. The van der Waals surface area contributed by atoms with Gasteiger partial charge >= 0.3 is 0 Å². The fourth-order valence-corrected chi connectivity index (χ4v) is 1.86. The molecule has 0 aromatic carbocycles. The number of hydrogen-bond donors (Lipinski definition) is 3. The molecule has 1 aromatic heterocycles. The summed E-state index contributed by atoms with van der Waals surface area (Å²) in [5.41, 5.74) is 5.51. The number of hydrogen-bond acceptors (Lipinski definition) is 4. The van der Waals surface area contributed by atoms with E-state index in [4.69, 9.17) is 10.9 Å². The van der Waals surface area contributed by atoms with Gasteiger partial charge in [-0.1, -0.05) is 11.2 Å². The molecule has 0 radical (unpaired) electrons. The number of nitrogens with zero attached hydrogens (tertiary/aromatic N) is 2. The Balaban J connectivity index is 2.05. The van der Waals surface area contributed by atoms with E-state index >= 15 is 0 Å². The van der Waals surface area contributed by atoms with Crippen molar-refractivity contribution in [1.29, 1.82) is 0 Å². The molecule has 18 heavy (non-hydrogen) atoms. The first kappa shape index (κ1) is 12.3. The van der Waals surface area contributed by atoms with Gasteiger partial charge in [-0.25, -0.2) is 0 Å². The van der Waals surface area contributed by atoms with Crippen LogP contribution in [0.15, 0.2) is 29.6 Å². The predicted molar refractivity (Wildman–Crippen MR) is 65.9 cm³/mol. The van der Waals surface area contributed by atoms with Crippen LogP contribution in [-0.2, 0) is 4.79 Å². The second-order valence-electron chi connectivity index (χ2n) is 4.52. The Morgan fingerprint density at radius 3 is 2.83 bits per heavy atom. The van der Waals surface area contributed by atoms with Gasteiger partial charge in [0.05, 0.1) is 11.7 Å². The molecule has 96 valence electrons. The van der Waals surface area contributed by atoms with Gasteiger partial charge in [0.15, 0.2) is 5.84 Å². The molecule has 0 bridgehead atoms. The summed E-state index contributed by atoms with van der Waals surface area (Å²) in [6.45, 7) is 1.85. The summed E-state index contributed by atoms with van der Waals surface area (Å²) in [7, 11) is 0. The summed E-state index contributed by atoms with van der Waals surface area (Å²) >= 11 is 0. The van der Waals surface area contributed by atoms with Gasteiger partial charge < -0.3 is 16.3 Å². The van der Waals surface area contributed by atoms with E-state index in [1.54, 1.807) is 6.20 Å². The molecular weight excluding hydrogens is 232 g/mol. The van der Waals surface area contributed by atoms with Crippen LogP contribution in [0, 0.1) is 5.41 Å². The first-order valence-corrected chi connectivity index (χ1v) is 5.80. The van der Waals surface area contributed by atoms with Gasteiger partial charge in [-0.15, -0.1) is 0 Å². The maximum Gasteiger partial charge on any atom is 0.234 e. The van der Waals surface area contributed by atoms with Crippen LogP contribution in [0.1, 0.15) is 31.5 Å². The summed E-state index contributed by atoms with van der Waals surface area (Å²) in [5, 5.41) is 14.5. The Kier molecular flexibility index (Phi) is 3.18. The molecule has 0 aliphatic heterocycles. The lowest BCUT2D eigenvalue weighted by molar-refractivity contribution is -0.124. The lowest BCUT2D eigenvalue weighted by Crippen LogP contribution is -2.41. The summed E-state index contributed by atoms with van der Waals surface area (Å²) in [6.07, 6.45) is 2.90. The molecule has 6 nitrogen and oxygen atoms in total. The molecule has 1 heterocycles. The molecule has 1 amide bonds. The summed E-state index contributed by atoms with van der Waals surface area (Å²) in [4.78, 5) is 16.3. The fraction of sp³-hybridized carbons (Fsp3) is 0.417. The minimum absolute atomic E-state index is 0.0202. The van der Waals surface area contributed by atoms with Gasteiger partial charge in [0.2, 0.25) is 5.91 Å². The molecule has 1 aliphatic carbocycles. The Hall–Kier alpha value is -2.11. The van der Waals surface area contributed by atoms with Crippen LogP contribution < -0.4 is 11.1 Å². The van der Waals surface area contributed by atoms with Crippen LogP contribution >= 0.6 is 0 Å². The molecule has 1 aliphatic rings. The van der Waals surface area contributed by atoms with Gasteiger partial charge in [0, 0.05) is 6.20 Å². The molecule has 0 spiro atoms. The maximum absolute atomic E-state index is 12.1. The molecule has 4 N–H and O–H groups in total. The molecule has 2 rings (SSSR count). The lowest BCUT2D eigenvalue weighted by Gasteiger charge is -2.18. The minimum Gasteiger partial charge on any atom is -0.409 e. The normalized spacial score (nSPS) is 19.1. The van der Waals surface area contributed by atoms with Crippen molar-refractivity contribution in [3.63, 3.8) is 0 Å². The quantitative estimate of drug-likeness (QED) is 0.317. The highest BCUT2D eigenvalue weighted by Crippen LogP contribution is 2.46. The van der Waals surface area contributed by atoms with Gasteiger partial charge in [0.25, 0.3) is 0 Å².